The number of hydrogen-bond acceptors (Lipinski definition) is 2. The summed E-state index contributed by atoms with van der Waals surface area (Å²) in [6.07, 6.45) is 6.64. The Kier molecular flexibility index (Phi) is 4.44. The van der Waals surface area contributed by atoms with Crippen LogP contribution in [0, 0.1) is 11.6 Å². The van der Waals surface area contributed by atoms with E-state index in [4.69, 9.17) is 5.84 Å². The van der Waals surface area contributed by atoms with Gasteiger partial charge in [-0.1, -0.05) is 17.7 Å². The second-order valence-corrected chi connectivity index (χ2v) is 4.65. The van der Waals surface area contributed by atoms with E-state index >= 15 is 0 Å². The Morgan fingerprint density at radius 2 is 1.94 bits per heavy atom. The van der Waals surface area contributed by atoms with Crippen molar-refractivity contribution in [2.45, 2.75) is 38.1 Å². The molecule has 0 bridgehead atoms. The number of nitrogens with two attached hydrogens (primary N) is 1. The topological polar surface area (TPSA) is 38.0 Å². The summed E-state index contributed by atoms with van der Waals surface area (Å²) in [5.41, 5.74) is 3.94. The molecule has 0 aromatic heterocycles. The predicted octanol–water partition coefficient (Wildman–Crippen LogP) is 2.84. The predicted molar refractivity (Wildman–Crippen MR) is 67.7 cm³/mol. The maximum Gasteiger partial charge on any atom is 0.129 e. The van der Waals surface area contributed by atoms with Gasteiger partial charge in [-0.3, -0.25) is 11.3 Å². The molecule has 1 aromatic carbocycles. The molecule has 98 valence electrons. The summed E-state index contributed by atoms with van der Waals surface area (Å²) in [6.45, 7) is 0. The van der Waals surface area contributed by atoms with Gasteiger partial charge in [-0.25, -0.2) is 8.78 Å². The zero-order valence-electron chi connectivity index (χ0n) is 10.3. The van der Waals surface area contributed by atoms with Crippen molar-refractivity contribution in [3.05, 3.63) is 47.0 Å². The van der Waals surface area contributed by atoms with Crippen molar-refractivity contribution in [2.24, 2.45) is 5.84 Å². The largest absolute Gasteiger partial charge is 0.271 e. The van der Waals surface area contributed by atoms with Gasteiger partial charge < -0.3 is 0 Å². The SMILES string of the molecule is NNC(Cc1c(F)cccc1F)C1=CCCCC1. The van der Waals surface area contributed by atoms with Crippen LogP contribution in [0.3, 0.4) is 0 Å². The number of benzene rings is 1. The molecule has 1 unspecified atom stereocenters. The molecular formula is C14H18F2N2. The quantitative estimate of drug-likeness (QED) is 0.491. The highest BCUT2D eigenvalue weighted by Crippen LogP contribution is 2.23. The van der Waals surface area contributed by atoms with E-state index in [-0.39, 0.29) is 18.0 Å². The second kappa shape index (κ2) is 6.07. The van der Waals surface area contributed by atoms with E-state index in [1.165, 1.54) is 24.6 Å². The van der Waals surface area contributed by atoms with E-state index in [2.05, 4.69) is 11.5 Å². The van der Waals surface area contributed by atoms with Gasteiger partial charge in [-0.15, -0.1) is 0 Å². The van der Waals surface area contributed by atoms with Crippen molar-refractivity contribution < 1.29 is 8.78 Å². The molecule has 0 amide bonds. The zero-order chi connectivity index (χ0) is 13.0. The zero-order valence-corrected chi connectivity index (χ0v) is 10.3. The van der Waals surface area contributed by atoms with Crippen molar-refractivity contribution in [2.75, 3.05) is 0 Å². The third-order valence-corrected chi connectivity index (χ3v) is 3.44. The fraction of sp³-hybridized carbons (Fsp3) is 0.429. The lowest BCUT2D eigenvalue weighted by molar-refractivity contribution is 0.501. The monoisotopic (exact) mass is 252 g/mol. The number of rotatable bonds is 4. The molecule has 2 rings (SSSR count). The first-order valence-electron chi connectivity index (χ1n) is 6.30. The summed E-state index contributed by atoms with van der Waals surface area (Å²) >= 11 is 0. The summed E-state index contributed by atoms with van der Waals surface area (Å²) in [5.74, 6) is 4.50. The van der Waals surface area contributed by atoms with E-state index in [1.54, 1.807) is 0 Å². The first-order valence-corrected chi connectivity index (χ1v) is 6.30. The van der Waals surface area contributed by atoms with Gasteiger partial charge in [0, 0.05) is 11.6 Å². The maximum absolute atomic E-state index is 13.6. The van der Waals surface area contributed by atoms with Crippen molar-refractivity contribution in [3.63, 3.8) is 0 Å². The Labute approximate surface area is 106 Å². The fourth-order valence-corrected chi connectivity index (χ4v) is 2.41. The van der Waals surface area contributed by atoms with Crippen molar-refractivity contribution in [3.8, 4) is 0 Å². The molecule has 0 fully saturated rings. The van der Waals surface area contributed by atoms with Crippen LogP contribution in [0.4, 0.5) is 8.78 Å². The van der Waals surface area contributed by atoms with Crippen LogP contribution in [-0.4, -0.2) is 6.04 Å². The minimum Gasteiger partial charge on any atom is -0.271 e. The first kappa shape index (κ1) is 13.2. The third kappa shape index (κ3) is 2.94. The van der Waals surface area contributed by atoms with Gasteiger partial charge in [0.25, 0.3) is 0 Å². The summed E-state index contributed by atoms with van der Waals surface area (Å²) in [5, 5.41) is 0. The van der Waals surface area contributed by atoms with Crippen LogP contribution in [0.15, 0.2) is 29.8 Å². The van der Waals surface area contributed by atoms with Gasteiger partial charge in [0.1, 0.15) is 11.6 Å². The molecule has 4 heteroatoms. The molecule has 0 heterocycles. The third-order valence-electron chi connectivity index (χ3n) is 3.44. The molecule has 0 saturated heterocycles. The molecule has 3 N–H and O–H groups in total. The summed E-state index contributed by atoms with van der Waals surface area (Å²) < 4.78 is 27.2. The van der Waals surface area contributed by atoms with Crippen molar-refractivity contribution >= 4 is 0 Å². The number of halogens is 2. The van der Waals surface area contributed by atoms with Crippen LogP contribution in [0.5, 0.6) is 0 Å². The Morgan fingerprint density at radius 3 is 2.50 bits per heavy atom. The average Bonchev–Trinajstić information content (AvgIpc) is 2.40. The lowest BCUT2D eigenvalue weighted by atomic mass is 9.90. The van der Waals surface area contributed by atoms with E-state index in [0.29, 0.717) is 0 Å². The highest BCUT2D eigenvalue weighted by Gasteiger charge is 2.19. The van der Waals surface area contributed by atoms with Gasteiger partial charge in [0.2, 0.25) is 0 Å². The molecule has 0 saturated carbocycles. The molecule has 0 spiro atoms. The van der Waals surface area contributed by atoms with E-state index in [0.717, 1.165) is 24.8 Å². The molecule has 0 aliphatic heterocycles. The van der Waals surface area contributed by atoms with Crippen LogP contribution in [0.25, 0.3) is 0 Å². The summed E-state index contributed by atoms with van der Waals surface area (Å²) in [4.78, 5) is 0. The normalized spacial score (nSPS) is 17.4. The van der Waals surface area contributed by atoms with Crippen LogP contribution in [-0.2, 0) is 6.42 Å². The number of hydrogen-bond donors (Lipinski definition) is 2. The summed E-state index contributed by atoms with van der Waals surface area (Å²) in [7, 11) is 0. The molecule has 1 aliphatic rings. The maximum atomic E-state index is 13.6. The molecule has 1 aromatic rings. The number of nitrogens with one attached hydrogen (secondary N) is 1. The van der Waals surface area contributed by atoms with Crippen LogP contribution < -0.4 is 11.3 Å². The van der Waals surface area contributed by atoms with Crippen LogP contribution >= 0.6 is 0 Å². The molecular weight excluding hydrogens is 234 g/mol. The van der Waals surface area contributed by atoms with Gasteiger partial charge in [-0.2, -0.15) is 0 Å². The van der Waals surface area contributed by atoms with E-state index < -0.39 is 11.6 Å². The molecule has 1 atom stereocenters. The highest BCUT2D eigenvalue weighted by atomic mass is 19.1. The van der Waals surface area contributed by atoms with Crippen molar-refractivity contribution in [1.29, 1.82) is 0 Å². The van der Waals surface area contributed by atoms with Gasteiger partial charge in [0.05, 0.1) is 0 Å². The molecule has 0 radical (unpaired) electrons. The number of hydrazine groups is 1. The minimum atomic E-state index is -0.508. The number of allylic oxidation sites excluding steroid dienone is 1. The van der Waals surface area contributed by atoms with Crippen molar-refractivity contribution in [1.82, 2.24) is 5.43 Å². The lowest BCUT2D eigenvalue weighted by Gasteiger charge is -2.23. The first-order chi connectivity index (χ1) is 8.72. The standard InChI is InChI=1S/C14H18F2N2/c15-12-7-4-8-13(16)11(12)9-14(18-17)10-5-2-1-3-6-10/h4-5,7-8,14,18H,1-3,6,9,17H2. The molecule has 18 heavy (non-hydrogen) atoms. The fourth-order valence-electron chi connectivity index (χ4n) is 2.41. The lowest BCUT2D eigenvalue weighted by Crippen LogP contribution is -2.39. The molecule has 1 aliphatic carbocycles. The highest BCUT2D eigenvalue weighted by molar-refractivity contribution is 5.24. The van der Waals surface area contributed by atoms with Crippen LogP contribution in [0.1, 0.15) is 31.2 Å². The Hall–Kier alpha value is -1.26. The second-order valence-electron chi connectivity index (χ2n) is 4.65. The Bertz CT molecular complexity index is 423. The van der Waals surface area contributed by atoms with Gasteiger partial charge in [0.15, 0.2) is 0 Å². The average molecular weight is 252 g/mol. The van der Waals surface area contributed by atoms with Gasteiger partial charge >= 0.3 is 0 Å². The van der Waals surface area contributed by atoms with E-state index in [9.17, 15) is 8.78 Å². The summed E-state index contributed by atoms with van der Waals surface area (Å²) in [6, 6.07) is 3.75. The molecule has 2 nitrogen and oxygen atoms in total. The van der Waals surface area contributed by atoms with Crippen LogP contribution in [0.2, 0.25) is 0 Å². The smallest absolute Gasteiger partial charge is 0.129 e. The van der Waals surface area contributed by atoms with Gasteiger partial charge in [-0.05, 0) is 44.2 Å². The van der Waals surface area contributed by atoms with E-state index in [1.807, 2.05) is 0 Å². The Morgan fingerprint density at radius 1 is 1.22 bits per heavy atom. The minimum absolute atomic E-state index is 0.104. The Balaban J connectivity index is 2.17.